The number of methoxy groups -OCH3 is 1. The van der Waals surface area contributed by atoms with E-state index in [1.54, 1.807) is 19.4 Å². The molecule has 1 aromatic heterocycles. The number of hydrogen-bond donors (Lipinski definition) is 1. The summed E-state index contributed by atoms with van der Waals surface area (Å²) in [7, 11) is 1.68. The Morgan fingerprint density at radius 3 is 2.71 bits per heavy atom. The van der Waals surface area contributed by atoms with E-state index in [0.717, 1.165) is 28.8 Å². The maximum atomic E-state index is 9.88. The normalized spacial score (nSPS) is 14.2. The second kappa shape index (κ2) is 9.68. The summed E-state index contributed by atoms with van der Waals surface area (Å²) in [5.74, 6) is 0. The maximum absolute atomic E-state index is 9.88. The van der Waals surface area contributed by atoms with E-state index in [0.29, 0.717) is 0 Å². The lowest BCUT2D eigenvalue weighted by Crippen LogP contribution is -2.20. The van der Waals surface area contributed by atoms with E-state index in [9.17, 15) is 5.11 Å². The molecule has 0 fully saturated rings. The van der Waals surface area contributed by atoms with Gasteiger partial charge in [-0.15, -0.1) is 0 Å². The molecule has 0 aliphatic rings. The maximum Gasteiger partial charge on any atom is 0.0963 e. The first kappa shape index (κ1) is 22.6. The second-order valence-electron chi connectivity index (χ2n) is 7.73. The molecule has 1 heterocycles. The molecular weight excluding hydrogens is 416 g/mol. The molecule has 5 heteroatoms. The standard InChI is InChI=1S/C23H31BrN2O2/c1-7-11-25-20(16(3)28-6)13-22-19(14-23(4,5)15-27)18-12-17(24)9-10-21(18)26(22)8-2/h7,9-13,16,27H,1,8,14-15H2,2-6H3/b20-13+,25-11?. The molecule has 0 saturated heterocycles. The SMILES string of the molecule is C=CC=N/C(=C/c1c(CC(C)(C)CO)c2cc(Br)ccc2n1CC)C(C)OC. The summed E-state index contributed by atoms with van der Waals surface area (Å²) < 4.78 is 8.88. The monoisotopic (exact) mass is 446 g/mol. The van der Waals surface area contributed by atoms with Crippen molar-refractivity contribution in [2.24, 2.45) is 10.4 Å². The molecule has 1 aromatic carbocycles. The molecule has 0 aliphatic heterocycles. The highest BCUT2D eigenvalue weighted by atomic mass is 79.9. The first-order chi connectivity index (χ1) is 13.3. The fourth-order valence-electron chi connectivity index (χ4n) is 3.30. The van der Waals surface area contributed by atoms with Crippen molar-refractivity contribution in [3.63, 3.8) is 0 Å². The quantitative estimate of drug-likeness (QED) is 0.508. The summed E-state index contributed by atoms with van der Waals surface area (Å²) in [4.78, 5) is 4.55. The van der Waals surface area contributed by atoms with Gasteiger partial charge in [0.25, 0.3) is 0 Å². The van der Waals surface area contributed by atoms with Gasteiger partial charge in [-0.25, -0.2) is 0 Å². The number of halogens is 1. The van der Waals surface area contributed by atoms with E-state index in [2.05, 4.69) is 77.1 Å². The number of benzene rings is 1. The first-order valence-corrected chi connectivity index (χ1v) is 10.4. The molecule has 4 nitrogen and oxygen atoms in total. The molecule has 1 N–H and O–H groups in total. The van der Waals surface area contributed by atoms with Crippen LogP contribution >= 0.6 is 15.9 Å². The van der Waals surface area contributed by atoms with Crippen molar-refractivity contribution in [3.8, 4) is 0 Å². The van der Waals surface area contributed by atoms with Crippen molar-refractivity contribution >= 4 is 39.1 Å². The van der Waals surface area contributed by atoms with Crippen LogP contribution in [0.5, 0.6) is 0 Å². The Hall–Kier alpha value is -1.69. The lowest BCUT2D eigenvalue weighted by atomic mass is 9.85. The average molecular weight is 447 g/mol. The van der Waals surface area contributed by atoms with E-state index < -0.39 is 0 Å². The van der Waals surface area contributed by atoms with Crippen LogP contribution in [-0.4, -0.2) is 35.7 Å². The topological polar surface area (TPSA) is 46.8 Å². The summed E-state index contributed by atoms with van der Waals surface area (Å²) in [5.41, 5.74) is 4.11. The lowest BCUT2D eigenvalue weighted by Gasteiger charge is -2.22. The van der Waals surface area contributed by atoms with Crippen LogP contribution in [0.4, 0.5) is 0 Å². The van der Waals surface area contributed by atoms with Crippen LogP contribution in [0.25, 0.3) is 17.0 Å². The van der Waals surface area contributed by atoms with Crippen LogP contribution in [0.1, 0.15) is 39.0 Å². The van der Waals surface area contributed by atoms with Crippen molar-refractivity contribution in [1.29, 1.82) is 0 Å². The molecule has 0 aliphatic carbocycles. The van der Waals surface area contributed by atoms with E-state index >= 15 is 0 Å². The molecule has 152 valence electrons. The molecule has 0 spiro atoms. The number of rotatable bonds is 9. The largest absolute Gasteiger partial charge is 0.396 e. The molecule has 0 amide bonds. The van der Waals surface area contributed by atoms with Gasteiger partial charge in [0.05, 0.1) is 11.8 Å². The number of hydrogen-bond acceptors (Lipinski definition) is 3. The molecule has 1 unspecified atom stereocenters. The summed E-state index contributed by atoms with van der Waals surface area (Å²) in [5, 5.41) is 11.1. The smallest absolute Gasteiger partial charge is 0.0963 e. The molecule has 2 rings (SSSR count). The Kier molecular flexibility index (Phi) is 7.81. The van der Waals surface area contributed by atoms with Gasteiger partial charge in [-0.2, -0.15) is 0 Å². The Morgan fingerprint density at radius 1 is 1.43 bits per heavy atom. The minimum atomic E-state index is -0.227. The molecular formula is C23H31BrN2O2. The predicted octanol–water partition coefficient (Wildman–Crippen LogP) is 5.62. The minimum Gasteiger partial charge on any atom is -0.396 e. The molecule has 1 atom stereocenters. The van der Waals surface area contributed by atoms with Crippen LogP contribution in [-0.2, 0) is 17.7 Å². The Balaban J connectivity index is 2.82. The highest BCUT2D eigenvalue weighted by Crippen LogP contribution is 2.35. The van der Waals surface area contributed by atoms with Crippen molar-refractivity contribution in [3.05, 3.63) is 52.3 Å². The first-order valence-electron chi connectivity index (χ1n) is 9.59. The number of aryl methyl sites for hydroxylation is 1. The van der Waals surface area contributed by atoms with Gasteiger partial charge < -0.3 is 14.4 Å². The van der Waals surface area contributed by atoms with Gasteiger partial charge in [0.2, 0.25) is 0 Å². The van der Waals surface area contributed by atoms with Gasteiger partial charge in [0.1, 0.15) is 0 Å². The van der Waals surface area contributed by atoms with Crippen LogP contribution in [0.3, 0.4) is 0 Å². The van der Waals surface area contributed by atoms with Gasteiger partial charge in [-0.3, -0.25) is 4.99 Å². The number of aliphatic hydroxyl groups excluding tert-OH is 1. The minimum absolute atomic E-state index is 0.124. The van der Waals surface area contributed by atoms with Crippen molar-refractivity contribution in [2.45, 2.75) is 46.8 Å². The molecule has 2 aromatic rings. The van der Waals surface area contributed by atoms with E-state index in [-0.39, 0.29) is 18.1 Å². The number of aromatic nitrogens is 1. The van der Waals surface area contributed by atoms with Gasteiger partial charge in [0, 0.05) is 47.5 Å². The molecule has 0 bridgehead atoms. The number of fused-ring (bicyclic) bond motifs is 1. The Labute approximate surface area is 176 Å². The van der Waals surface area contributed by atoms with E-state index in [4.69, 9.17) is 4.74 Å². The fraction of sp³-hybridized carbons (Fsp3) is 0.435. The van der Waals surface area contributed by atoms with Gasteiger partial charge in [0.15, 0.2) is 0 Å². The predicted molar refractivity (Wildman–Crippen MR) is 123 cm³/mol. The number of ether oxygens (including phenoxy) is 1. The van der Waals surface area contributed by atoms with Gasteiger partial charge in [-0.1, -0.05) is 42.4 Å². The number of aliphatic imine (C=N–C) groups is 1. The van der Waals surface area contributed by atoms with Crippen molar-refractivity contribution < 1.29 is 9.84 Å². The number of allylic oxidation sites excluding steroid dienone is 1. The molecule has 0 radical (unpaired) electrons. The zero-order valence-electron chi connectivity index (χ0n) is 17.5. The second-order valence-corrected chi connectivity index (χ2v) is 8.65. The van der Waals surface area contributed by atoms with E-state index in [1.165, 1.54) is 16.5 Å². The average Bonchev–Trinajstić information content (AvgIpc) is 2.95. The Morgan fingerprint density at radius 2 is 2.14 bits per heavy atom. The van der Waals surface area contributed by atoms with Crippen molar-refractivity contribution in [2.75, 3.05) is 13.7 Å². The lowest BCUT2D eigenvalue weighted by molar-refractivity contribution is 0.147. The highest BCUT2D eigenvalue weighted by molar-refractivity contribution is 9.10. The van der Waals surface area contributed by atoms with Crippen molar-refractivity contribution in [1.82, 2.24) is 4.57 Å². The number of aliphatic hydroxyl groups is 1. The van der Waals surface area contributed by atoms with Crippen LogP contribution < -0.4 is 0 Å². The summed E-state index contributed by atoms with van der Waals surface area (Å²) >= 11 is 3.61. The molecule has 0 saturated carbocycles. The zero-order valence-corrected chi connectivity index (χ0v) is 19.1. The Bertz CT molecular complexity index is 894. The summed E-state index contributed by atoms with van der Waals surface area (Å²) in [6.07, 6.45) is 6.07. The van der Waals surface area contributed by atoms with Crippen LogP contribution in [0.15, 0.2) is 46.0 Å². The van der Waals surface area contributed by atoms with Gasteiger partial charge in [-0.05, 0) is 55.5 Å². The van der Waals surface area contributed by atoms with E-state index in [1.807, 2.05) is 6.92 Å². The molecule has 28 heavy (non-hydrogen) atoms. The third-order valence-corrected chi connectivity index (χ3v) is 5.45. The third-order valence-electron chi connectivity index (χ3n) is 4.96. The van der Waals surface area contributed by atoms with Crippen LogP contribution in [0.2, 0.25) is 0 Å². The van der Waals surface area contributed by atoms with Crippen LogP contribution in [0, 0.1) is 5.41 Å². The summed E-state index contributed by atoms with van der Waals surface area (Å²) in [6, 6.07) is 6.37. The highest BCUT2D eigenvalue weighted by Gasteiger charge is 2.24. The van der Waals surface area contributed by atoms with Gasteiger partial charge >= 0.3 is 0 Å². The zero-order chi connectivity index (χ0) is 20.9. The fourth-order valence-corrected chi connectivity index (χ4v) is 3.66. The third kappa shape index (κ3) is 5.02. The number of nitrogens with zero attached hydrogens (tertiary/aromatic N) is 2. The summed E-state index contributed by atoms with van der Waals surface area (Å²) in [6.45, 7) is 13.0.